The van der Waals surface area contributed by atoms with Gasteiger partial charge in [-0.05, 0) is 31.5 Å². The van der Waals surface area contributed by atoms with E-state index in [1.807, 2.05) is 19.1 Å². The minimum absolute atomic E-state index is 0.00599. The first-order chi connectivity index (χ1) is 15.4. The van der Waals surface area contributed by atoms with Crippen molar-refractivity contribution in [1.82, 2.24) is 10.2 Å². The standard InChI is InChI=1S/C24H21N3O4S/c1-4-13-31-18-11-9-16(10-12-18)20-19(21(28)17-7-5-14(2)6-8-17)22(29)23(30)27(20)24-26-25-15(3)32-24/h4-12,20,28H,1,13H2,2-3H3/t20-/m0/s1. The zero-order valence-electron chi connectivity index (χ0n) is 17.6. The van der Waals surface area contributed by atoms with Crippen molar-refractivity contribution >= 4 is 33.9 Å². The van der Waals surface area contributed by atoms with E-state index in [0.29, 0.717) is 33.6 Å². The molecule has 0 saturated carbocycles. The number of aliphatic hydroxyl groups excluding tert-OH is 1. The molecule has 0 radical (unpaired) electrons. The molecule has 1 N–H and O–H groups in total. The summed E-state index contributed by atoms with van der Waals surface area (Å²) in [6.45, 7) is 7.68. The van der Waals surface area contributed by atoms with Crippen LogP contribution in [0.2, 0.25) is 0 Å². The van der Waals surface area contributed by atoms with E-state index in [1.54, 1.807) is 49.4 Å². The van der Waals surface area contributed by atoms with Gasteiger partial charge in [0.1, 0.15) is 23.1 Å². The van der Waals surface area contributed by atoms with E-state index in [2.05, 4.69) is 16.8 Å². The van der Waals surface area contributed by atoms with Crippen molar-refractivity contribution in [3.8, 4) is 5.75 Å². The number of aromatic nitrogens is 2. The number of ketones is 1. The highest BCUT2D eigenvalue weighted by Crippen LogP contribution is 2.43. The third kappa shape index (κ3) is 3.92. The van der Waals surface area contributed by atoms with Crippen LogP contribution in [-0.2, 0) is 9.59 Å². The molecule has 1 aromatic heterocycles. The molecular formula is C24H21N3O4S. The van der Waals surface area contributed by atoms with Gasteiger partial charge in [0.15, 0.2) is 0 Å². The van der Waals surface area contributed by atoms with E-state index in [4.69, 9.17) is 4.74 Å². The quantitative estimate of drug-likeness (QED) is 0.261. The van der Waals surface area contributed by atoms with Crippen LogP contribution in [0.3, 0.4) is 0 Å². The van der Waals surface area contributed by atoms with Crippen molar-refractivity contribution < 1.29 is 19.4 Å². The summed E-state index contributed by atoms with van der Waals surface area (Å²) < 4.78 is 5.54. The largest absolute Gasteiger partial charge is 0.507 e. The Hall–Kier alpha value is -3.78. The van der Waals surface area contributed by atoms with Gasteiger partial charge in [-0.25, -0.2) is 0 Å². The number of nitrogens with zero attached hydrogens (tertiary/aromatic N) is 3. The number of amides is 1. The smallest absolute Gasteiger partial charge is 0.301 e. The normalized spacial score (nSPS) is 17.6. The van der Waals surface area contributed by atoms with Crippen LogP contribution in [0.5, 0.6) is 5.75 Å². The van der Waals surface area contributed by atoms with E-state index in [9.17, 15) is 14.7 Å². The summed E-state index contributed by atoms with van der Waals surface area (Å²) in [5, 5.41) is 20.1. The first kappa shape index (κ1) is 21.5. The fraction of sp³-hybridized carbons (Fsp3) is 0.167. The maximum absolute atomic E-state index is 13.1. The molecule has 1 fully saturated rings. The van der Waals surface area contributed by atoms with Gasteiger partial charge < -0.3 is 9.84 Å². The Morgan fingerprint density at radius 3 is 2.41 bits per heavy atom. The molecule has 0 spiro atoms. The molecule has 2 aromatic carbocycles. The number of anilines is 1. The lowest BCUT2D eigenvalue weighted by atomic mass is 9.95. The lowest BCUT2D eigenvalue weighted by Crippen LogP contribution is -2.29. The van der Waals surface area contributed by atoms with Crippen molar-refractivity contribution in [2.24, 2.45) is 0 Å². The maximum atomic E-state index is 13.1. The van der Waals surface area contributed by atoms with Crippen molar-refractivity contribution in [2.45, 2.75) is 19.9 Å². The molecule has 3 aromatic rings. The average Bonchev–Trinajstić information content (AvgIpc) is 3.33. The molecule has 1 saturated heterocycles. The molecule has 4 rings (SSSR count). The first-order valence-corrected chi connectivity index (χ1v) is 10.7. The van der Waals surface area contributed by atoms with Crippen LogP contribution in [0.15, 0.2) is 66.8 Å². The van der Waals surface area contributed by atoms with Crippen LogP contribution in [0.25, 0.3) is 5.76 Å². The van der Waals surface area contributed by atoms with Crippen molar-refractivity contribution in [3.05, 3.63) is 88.5 Å². The molecule has 0 aliphatic carbocycles. The summed E-state index contributed by atoms with van der Waals surface area (Å²) in [4.78, 5) is 27.4. The van der Waals surface area contributed by atoms with E-state index >= 15 is 0 Å². The van der Waals surface area contributed by atoms with Crippen molar-refractivity contribution in [1.29, 1.82) is 0 Å². The SMILES string of the molecule is C=CCOc1ccc([C@H]2C(=C(O)c3ccc(C)cc3)C(=O)C(=O)N2c2nnc(C)s2)cc1. The summed E-state index contributed by atoms with van der Waals surface area (Å²) in [6.07, 6.45) is 1.64. The van der Waals surface area contributed by atoms with Crippen LogP contribution in [0.1, 0.15) is 27.7 Å². The Morgan fingerprint density at radius 2 is 1.81 bits per heavy atom. The van der Waals surface area contributed by atoms with E-state index in [0.717, 1.165) is 5.56 Å². The number of rotatable bonds is 6. The second-order valence-electron chi connectivity index (χ2n) is 7.31. The number of aryl methyl sites for hydroxylation is 2. The molecule has 8 heteroatoms. The fourth-order valence-electron chi connectivity index (χ4n) is 3.50. The Morgan fingerprint density at radius 1 is 1.12 bits per heavy atom. The lowest BCUT2D eigenvalue weighted by Gasteiger charge is -2.22. The van der Waals surface area contributed by atoms with Crippen LogP contribution in [0, 0.1) is 13.8 Å². The van der Waals surface area contributed by atoms with Gasteiger partial charge in [0.05, 0.1) is 11.6 Å². The number of hydrogen-bond acceptors (Lipinski definition) is 7. The molecular weight excluding hydrogens is 426 g/mol. The minimum Gasteiger partial charge on any atom is -0.507 e. The molecule has 2 heterocycles. The van der Waals surface area contributed by atoms with E-state index in [1.165, 1.54) is 16.2 Å². The lowest BCUT2D eigenvalue weighted by molar-refractivity contribution is -0.132. The Labute approximate surface area is 189 Å². The van der Waals surface area contributed by atoms with Crippen LogP contribution >= 0.6 is 11.3 Å². The predicted molar refractivity (Wildman–Crippen MR) is 123 cm³/mol. The zero-order chi connectivity index (χ0) is 22.8. The van der Waals surface area contributed by atoms with Gasteiger partial charge in [0, 0.05) is 5.56 Å². The summed E-state index contributed by atoms with van der Waals surface area (Å²) in [5.41, 5.74) is 2.11. The van der Waals surface area contributed by atoms with E-state index in [-0.39, 0.29) is 11.3 Å². The molecule has 7 nitrogen and oxygen atoms in total. The monoisotopic (exact) mass is 447 g/mol. The number of hydrogen-bond donors (Lipinski definition) is 1. The van der Waals surface area contributed by atoms with Gasteiger partial charge in [0.25, 0.3) is 5.78 Å². The Balaban J connectivity index is 1.86. The maximum Gasteiger partial charge on any atom is 0.301 e. The number of ether oxygens (including phenoxy) is 1. The predicted octanol–water partition coefficient (Wildman–Crippen LogP) is 4.35. The number of aliphatic hydroxyl groups is 1. The number of carbonyl (C=O) groups excluding carboxylic acids is 2. The van der Waals surface area contributed by atoms with Crippen LogP contribution in [-0.4, -0.2) is 33.6 Å². The van der Waals surface area contributed by atoms with Gasteiger partial charge in [-0.1, -0.05) is 66.0 Å². The molecule has 1 atom stereocenters. The second-order valence-corrected chi connectivity index (χ2v) is 8.47. The first-order valence-electron chi connectivity index (χ1n) is 9.92. The third-order valence-electron chi connectivity index (χ3n) is 5.05. The summed E-state index contributed by atoms with van der Waals surface area (Å²) >= 11 is 1.21. The average molecular weight is 448 g/mol. The highest BCUT2D eigenvalue weighted by atomic mass is 32.1. The number of carbonyl (C=O) groups is 2. The summed E-state index contributed by atoms with van der Waals surface area (Å²) in [6, 6.07) is 13.3. The highest BCUT2D eigenvalue weighted by molar-refractivity contribution is 7.15. The molecule has 0 unspecified atom stereocenters. The molecule has 1 amide bonds. The number of benzene rings is 2. The summed E-state index contributed by atoms with van der Waals surface area (Å²) in [5.74, 6) is -1.14. The Kier molecular flexibility index (Phi) is 5.87. The van der Waals surface area contributed by atoms with Crippen molar-refractivity contribution in [2.75, 3.05) is 11.5 Å². The molecule has 32 heavy (non-hydrogen) atoms. The molecule has 1 aliphatic rings. The molecule has 1 aliphatic heterocycles. The van der Waals surface area contributed by atoms with Gasteiger partial charge in [0.2, 0.25) is 5.13 Å². The van der Waals surface area contributed by atoms with Crippen molar-refractivity contribution in [3.63, 3.8) is 0 Å². The van der Waals surface area contributed by atoms with Gasteiger partial charge in [-0.2, -0.15) is 0 Å². The van der Waals surface area contributed by atoms with Gasteiger partial charge in [-0.15, -0.1) is 10.2 Å². The number of Topliss-reactive ketones (excluding diaryl/α,β-unsaturated/α-hetero) is 1. The van der Waals surface area contributed by atoms with Crippen LogP contribution < -0.4 is 9.64 Å². The fourth-order valence-corrected chi connectivity index (χ4v) is 4.21. The van der Waals surface area contributed by atoms with Gasteiger partial charge in [-0.3, -0.25) is 14.5 Å². The highest BCUT2D eigenvalue weighted by Gasteiger charge is 2.48. The molecule has 0 bridgehead atoms. The minimum atomic E-state index is -0.850. The summed E-state index contributed by atoms with van der Waals surface area (Å²) in [7, 11) is 0. The van der Waals surface area contributed by atoms with Gasteiger partial charge >= 0.3 is 5.91 Å². The zero-order valence-corrected chi connectivity index (χ0v) is 18.4. The topological polar surface area (TPSA) is 92.6 Å². The second kappa shape index (κ2) is 8.76. The molecule has 162 valence electrons. The third-order valence-corrected chi connectivity index (χ3v) is 5.89. The van der Waals surface area contributed by atoms with Crippen LogP contribution in [0.4, 0.5) is 5.13 Å². The Bertz CT molecular complexity index is 1210. The van der Waals surface area contributed by atoms with E-state index < -0.39 is 17.7 Å².